The Balaban J connectivity index is 1.70. The molecule has 2 heterocycles. The first-order valence-electron chi connectivity index (χ1n) is 11.3. The van der Waals surface area contributed by atoms with Crippen LogP contribution in [0.1, 0.15) is 23.6 Å². The van der Waals surface area contributed by atoms with Gasteiger partial charge in [-0.2, -0.15) is 0 Å². The molecule has 1 fully saturated rings. The van der Waals surface area contributed by atoms with Crippen molar-refractivity contribution in [2.45, 2.75) is 19.0 Å². The molecule has 0 spiro atoms. The third-order valence-electron chi connectivity index (χ3n) is 5.82. The molecular weight excluding hydrogens is 446 g/mol. The number of aryl methyl sites for hydroxylation is 1. The van der Waals surface area contributed by atoms with Gasteiger partial charge in [-0.05, 0) is 48.4 Å². The van der Waals surface area contributed by atoms with Crippen LogP contribution in [0, 0.1) is 0 Å². The molecule has 0 saturated carbocycles. The van der Waals surface area contributed by atoms with Gasteiger partial charge in [-0.25, -0.2) is 4.98 Å². The van der Waals surface area contributed by atoms with Crippen molar-refractivity contribution in [2.24, 2.45) is 0 Å². The topological polar surface area (TPSA) is 93.9 Å². The molecule has 0 unspecified atom stereocenters. The minimum Gasteiger partial charge on any atom is -0.507 e. The molecule has 3 aromatic rings. The van der Waals surface area contributed by atoms with Crippen molar-refractivity contribution in [1.29, 1.82) is 0 Å². The van der Waals surface area contributed by atoms with Crippen LogP contribution in [0.4, 0.5) is 0 Å². The zero-order valence-corrected chi connectivity index (χ0v) is 19.5. The average molecular weight is 474 g/mol. The van der Waals surface area contributed by atoms with E-state index in [1.165, 1.54) is 4.90 Å². The number of aromatic nitrogens is 2. The van der Waals surface area contributed by atoms with Crippen molar-refractivity contribution in [2.75, 3.05) is 20.3 Å². The number of aliphatic hydroxyl groups is 1. The SMILES string of the molecule is C=CCOc1ccc(C(O)=C2C(=O)C(=O)N(CCCn3ccnc3)[C@@H]2c2cccc(OC)c2)cc1. The van der Waals surface area contributed by atoms with E-state index >= 15 is 0 Å². The molecule has 8 nitrogen and oxygen atoms in total. The van der Waals surface area contributed by atoms with Crippen LogP contribution in [0.25, 0.3) is 5.76 Å². The van der Waals surface area contributed by atoms with Crippen LogP contribution in [0.15, 0.2) is 85.5 Å². The van der Waals surface area contributed by atoms with Gasteiger partial charge in [-0.1, -0.05) is 24.8 Å². The van der Waals surface area contributed by atoms with E-state index in [1.54, 1.807) is 68.2 Å². The number of methoxy groups -OCH3 is 1. The molecule has 1 atom stereocenters. The molecule has 2 aromatic carbocycles. The van der Waals surface area contributed by atoms with Gasteiger partial charge >= 0.3 is 0 Å². The van der Waals surface area contributed by atoms with Crippen molar-refractivity contribution in [3.63, 3.8) is 0 Å². The molecule has 0 aliphatic carbocycles. The molecule has 1 aliphatic rings. The summed E-state index contributed by atoms with van der Waals surface area (Å²) in [7, 11) is 1.55. The highest BCUT2D eigenvalue weighted by Gasteiger charge is 2.45. The van der Waals surface area contributed by atoms with Gasteiger partial charge in [-0.15, -0.1) is 0 Å². The number of hydrogen-bond donors (Lipinski definition) is 1. The first-order valence-corrected chi connectivity index (χ1v) is 11.3. The Hall–Kier alpha value is -4.33. The van der Waals surface area contributed by atoms with Crippen LogP contribution in [-0.2, 0) is 16.1 Å². The number of Topliss-reactive ketones (excluding diaryl/α,β-unsaturated/α-hetero) is 1. The monoisotopic (exact) mass is 473 g/mol. The molecule has 35 heavy (non-hydrogen) atoms. The molecule has 1 amide bonds. The van der Waals surface area contributed by atoms with Crippen LogP contribution in [0.5, 0.6) is 11.5 Å². The summed E-state index contributed by atoms with van der Waals surface area (Å²) in [6, 6.07) is 13.1. The summed E-state index contributed by atoms with van der Waals surface area (Å²) in [5.41, 5.74) is 1.14. The first-order chi connectivity index (χ1) is 17.0. The molecule has 1 N–H and O–H groups in total. The number of ether oxygens (including phenoxy) is 2. The maximum Gasteiger partial charge on any atom is 0.295 e. The Bertz CT molecular complexity index is 1230. The average Bonchev–Trinajstić information content (AvgIpc) is 3.49. The highest BCUT2D eigenvalue weighted by molar-refractivity contribution is 6.46. The van der Waals surface area contributed by atoms with E-state index in [1.807, 2.05) is 16.8 Å². The predicted molar refractivity (Wildman–Crippen MR) is 131 cm³/mol. The highest BCUT2D eigenvalue weighted by Crippen LogP contribution is 2.40. The molecular formula is C27H27N3O5. The summed E-state index contributed by atoms with van der Waals surface area (Å²) in [5, 5.41) is 11.2. The van der Waals surface area contributed by atoms with Gasteiger partial charge < -0.3 is 24.0 Å². The van der Waals surface area contributed by atoms with Gasteiger partial charge in [0.05, 0.1) is 25.1 Å². The van der Waals surface area contributed by atoms with Gasteiger partial charge in [0.2, 0.25) is 0 Å². The second-order valence-electron chi connectivity index (χ2n) is 8.05. The van der Waals surface area contributed by atoms with Crippen molar-refractivity contribution in [1.82, 2.24) is 14.5 Å². The molecule has 0 radical (unpaired) electrons. The molecule has 1 aromatic heterocycles. The normalized spacial score (nSPS) is 16.9. The number of rotatable bonds is 10. The molecule has 8 heteroatoms. The van der Waals surface area contributed by atoms with E-state index < -0.39 is 17.7 Å². The number of carbonyl (C=O) groups excluding carboxylic acids is 2. The summed E-state index contributed by atoms with van der Waals surface area (Å²) in [6.07, 6.45) is 7.48. The van der Waals surface area contributed by atoms with Crippen molar-refractivity contribution >= 4 is 17.4 Å². The van der Waals surface area contributed by atoms with Crippen molar-refractivity contribution in [3.8, 4) is 11.5 Å². The number of amides is 1. The molecule has 0 bridgehead atoms. The van der Waals surface area contributed by atoms with E-state index in [4.69, 9.17) is 9.47 Å². The summed E-state index contributed by atoms with van der Waals surface area (Å²) < 4.78 is 12.8. The summed E-state index contributed by atoms with van der Waals surface area (Å²) in [5.74, 6) is -0.398. The summed E-state index contributed by atoms with van der Waals surface area (Å²) in [4.78, 5) is 31.8. The highest BCUT2D eigenvalue weighted by atomic mass is 16.5. The quantitative estimate of drug-likeness (QED) is 0.207. The number of hydrogen-bond acceptors (Lipinski definition) is 6. The fourth-order valence-electron chi connectivity index (χ4n) is 4.13. The molecule has 180 valence electrons. The number of imidazole rings is 1. The van der Waals surface area contributed by atoms with Crippen molar-refractivity contribution in [3.05, 3.63) is 96.6 Å². The number of ketones is 1. The second-order valence-corrected chi connectivity index (χ2v) is 8.05. The molecule has 1 aliphatic heterocycles. The van der Waals surface area contributed by atoms with Gasteiger partial charge in [0, 0.05) is 31.0 Å². The second kappa shape index (κ2) is 10.7. The Morgan fingerprint density at radius 1 is 1.14 bits per heavy atom. The minimum absolute atomic E-state index is 0.0469. The van der Waals surface area contributed by atoms with Gasteiger partial charge in [0.1, 0.15) is 23.9 Å². The van der Waals surface area contributed by atoms with Crippen LogP contribution in [0.2, 0.25) is 0 Å². The standard InChI is InChI=1S/C27H27N3O5/c1-3-16-35-21-10-8-19(9-11-21)25(31)23-24(20-6-4-7-22(17-20)34-2)30(27(33)26(23)32)14-5-13-29-15-12-28-18-29/h3-4,6-12,15,17-18,24,31H,1,5,13-14,16H2,2H3/t24-/m1/s1. The van der Waals surface area contributed by atoms with Crippen molar-refractivity contribution < 1.29 is 24.2 Å². The van der Waals surface area contributed by atoms with Crippen LogP contribution >= 0.6 is 0 Å². The van der Waals surface area contributed by atoms with Gasteiger partial charge in [-0.3, -0.25) is 9.59 Å². The van der Waals surface area contributed by atoms with E-state index in [2.05, 4.69) is 11.6 Å². The fourth-order valence-corrected chi connectivity index (χ4v) is 4.13. The Labute approximate surface area is 203 Å². The lowest BCUT2D eigenvalue weighted by atomic mass is 9.95. The van der Waals surface area contributed by atoms with Gasteiger partial charge in [0.25, 0.3) is 11.7 Å². The lowest BCUT2D eigenvalue weighted by molar-refractivity contribution is -0.139. The predicted octanol–water partition coefficient (Wildman–Crippen LogP) is 3.97. The number of aliphatic hydroxyl groups excluding tert-OH is 1. The van der Waals surface area contributed by atoms with E-state index in [9.17, 15) is 14.7 Å². The van der Waals surface area contributed by atoms with Gasteiger partial charge in [0.15, 0.2) is 0 Å². The minimum atomic E-state index is -0.746. The Morgan fingerprint density at radius 2 is 1.94 bits per heavy atom. The number of carbonyl (C=O) groups is 2. The zero-order chi connectivity index (χ0) is 24.8. The molecule has 4 rings (SSSR count). The fraction of sp³-hybridized carbons (Fsp3) is 0.222. The molecule has 1 saturated heterocycles. The first kappa shape index (κ1) is 23.8. The van der Waals surface area contributed by atoms with E-state index in [0.29, 0.717) is 48.7 Å². The lowest BCUT2D eigenvalue weighted by Crippen LogP contribution is -2.31. The summed E-state index contributed by atoms with van der Waals surface area (Å²) in [6.45, 7) is 4.94. The van der Waals surface area contributed by atoms with E-state index in [-0.39, 0.29) is 11.3 Å². The number of nitrogens with zero attached hydrogens (tertiary/aromatic N) is 3. The van der Waals surface area contributed by atoms with Crippen LogP contribution in [0.3, 0.4) is 0 Å². The smallest absolute Gasteiger partial charge is 0.295 e. The number of likely N-dealkylation sites (tertiary alicyclic amines) is 1. The Kier molecular flexibility index (Phi) is 7.30. The van der Waals surface area contributed by atoms with Crippen LogP contribution in [-0.4, -0.2) is 51.5 Å². The maximum absolute atomic E-state index is 13.2. The zero-order valence-electron chi connectivity index (χ0n) is 19.5. The lowest BCUT2D eigenvalue weighted by Gasteiger charge is -2.25. The third-order valence-corrected chi connectivity index (χ3v) is 5.82. The number of benzene rings is 2. The summed E-state index contributed by atoms with van der Waals surface area (Å²) >= 11 is 0. The Morgan fingerprint density at radius 3 is 2.63 bits per heavy atom. The van der Waals surface area contributed by atoms with E-state index in [0.717, 1.165) is 0 Å². The largest absolute Gasteiger partial charge is 0.507 e. The third kappa shape index (κ3) is 5.11. The van der Waals surface area contributed by atoms with Crippen LogP contribution < -0.4 is 9.47 Å². The maximum atomic E-state index is 13.2.